The van der Waals surface area contributed by atoms with Crippen LogP contribution in [0.5, 0.6) is 5.75 Å². The molecule has 11 heavy (non-hydrogen) atoms. The predicted molar refractivity (Wildman–Crippen MR) is 45.4 cm³/mol. The van der Waals surface area contributed by atoms with Gasteiger partial charge in [0.2, 0.25) is 21.0 Å². The molecule has 0 aliphatic carbocycles. The van der Waals surface area contributed by atoms with Crippen molar-refractivity contribution in [2.45, 2.75) is 6.92 Å². The molecule has 6 radical (unpaired) electrons. The predicted octanol–water partition coefficient (Wildman–Crippen LogP) is 0.871. The van der Waals surface area contributed by atoms with Crippen molar-refractivity contribution in [1.29, 1.82) is 0 Å². The van der Waals surface area contributed by atoms with E-state index in [1.807, 2.05) is 25.1 Å². The van der Waals surface area contributed by atoms with Gasteiger partial charge in [-0.3, -0.25) is 0 Å². The zero-order valence-corrected chi connectivity index (χ0v) is 8.16. The van der Waals surface area contributed by atoms with Crippen molar-refractivity contribution in [2.24, 2.45) is 0 Å². The molecule has 0 saturated heterocycles. The summed E-state index contributed by atoms with van der Waals surface area (Å²) in [5.74, 6) is 0.368. The van der Waals surface area contributed by atoms with Crippen LogP contribution in [0.1, 0.15) is 5.56 Å². The molecule has 0 heterocycles. The molecule has 0 unspecified atom stereocenters. The highest BCUT2D eigenvalue weighted by molar-refractivity contribution is 6.15. The van der Waals surface area contributed by atoms with E-state index >= 15 is 0 Å². The van der Waals surface area contributed by atoms with E-state index in [-0.39, 0.29) is 0 Å². The summed E-state index contributed by atoms with van der Waals surface area (Å²) in [4.78, 5) is 0. The van der Waals surface area contributed by atoms with Crippen LogP contribution in [-0.4, -0.2) is 26.1 Å². The molecule has 0 aliphatic heterocycles. The number of para-hydroxylation sites is 1. The highest BCUT2D eigenvalue weighted by Crippen LogP contribution is 2.12. The standard InChI is InChI=1S/C7H8O.OSi2/c1-6-4-2-3-5-7(6)8;2-1-3/h2-5,8H,1H3;. The molecule has 1 aromatic carbocycles. The lowest BCUT2D eigenvalue weighted by molar-refractivity contribution is 0.471. The Morgan fingerprint density at radius 3 is 2.00 bits per heavy atom. The quantitative estimate of drug-likeness (QED) is 0.600. The second-order valence-electron chi connectivity index (χ2n) is 1.89. The van der Waals surface area contributed by atoms with Crippen LogP contribution in [0.4, 0.5) is 0 Å². The molecular formula is C7H8O2Si2. The minimum absolute atomic E-state index is 0.368. The third kappa shape index (κ3) is 4.77. The van der Waals surface area contributed by atoms with Crippen LogP contribution in [-0.2, 0) is 4.12 Å². The van der Waals surface area contributed by atoms with Gasteiger partial charge in [0, 0.05) is 0 Å². The Balaban J connectivity index is 0.000000292. The number of aromatic hydroxyl groups is 1. The Kier molecular flexibility index (Phi) is 5.82. The van der Waals surface area contributed by atoms with E-state index in [0.29, 0.717) is 5.75 Å². The summed E-state index contributed by atoms with van der Waals surface area (Å²) in [5, 5.41) is 8.92. The minimum Gasteiger partial charge on any atom is -0.508 e. The van der Waals surface area contributed by atoms with Gasteiger partial charge in [-0.2, -0.15) is 0 Å². The first kappa shape index (κ1) is 10.4. The largest absolute Gasteiger partial charge is 0.508 e. The molecule has 0 spiro atoms. The average Bonchev–Trinajstić information content (AvgIpc) is 1.97. The maximum Gasteiger partial charge on any atom is 0.229 e. The van der Waals surface area contributed by atoms with Gasteiger partial charge in [-0.15, -0.1) is 0 Å². The molecule has 2 nitrogen and oxygen atoms in total. The molecule has 4 heteroatoms. The van der Waals surface area contributed by atoms with Gasteiger partial charge in [-0.1, -0.05) is 18.2 Å². The van der Waals surface area contributed by atoms with Crippen molar-refractivity contribution in [1.82, 2.24) is 0 Å². The van der Waals surface area contributed by atoms with E-state index in [2.05, 4.69) is 25.1 Å². The zero-order valence-electron chi connectivity index (χ0n) is 6.16. The van der Waals surface area contributed by atoms with Crippen LogP contribution in [0.2, 0.25) is 0 Å². The van der Waals surface area contributed by atoms with E-state index in [9.17, 15) is 0 Å². The number of rotatable bonds is 0. The molecule has 0 aliphatic rings. The van der Waals surface area contributed by atoms with E-state index in [1.165, 1.54) is 0 Å². The Labute approximate surface area is 73.3 Å². The maximum absolute atomic E-state index is 8.92. The lowest BCUT2D eigenvalue weighted by Gasteiger charge is -1.92. The third-order valence-corrected chi connectivity index (χ3v) is 1.12. The molecular weight excluding hydrogens is 172 g/mol. The topological polar surface area (TPSA) is 29.5 Å². The third-order valence-electron chi connectivity index (χ3n) is 1.12. The summed E-state index contributed by atoms with van der Waals surface area (Å²) in [5.41, 5.74) is 0.924. The molecule has 0 amide bonds. The minimum atomic E-state index is 0.368. The average molecular weight is 180 g/mol. The number of benzene rings is 1. The van der Waals surface area contributed by atoms with E-state index < -0.39 is 0 Å². The Bertz CT molecular complexity index is 182. The van der Waals surface area contributed by atoms with Crippen molar-refractivity contribution in [3.8, 4) is 5.75 Å². The summed E-state index contributed by atoms with van der Waals surface area (Å²) in [6.07, 6.45) is 0. The van der Waals surface area contributed by atoms with E-state index in [4.69, 9.17) is 5.11 Å². The van der Waals surface area contributed by atoms with Gasteiger partial charge in [-0.25, -0.2) is 0 Å². The lowest BCUT2D eigenvalue weighted by atomic mass is 10.2. The first-order valence-corrected chi connectivity index (χ1v) is 3.78. The van der Waals surface area contributed by atoms with Crippen LogP contribution in [0.3, 0.4) is 0 Å². The van der Waals surface area contributed by atoms with Crippen molar-refractivity contribution in [3.63, 3.8) is 0 Å². The summed E-state index contributed by atoms with van der Waals surface area (Å²) < 4.78 is 3.86. The number of phenols is 1. The molecule has 0 bridgehead atoms. The fraction of sp³-hybridized carbons (Fsp3) is 0.143. The molecule has 0 atom stereocenters. The fourth-order valence-corrected chi connectivity index (χ4v) is 0.563. The van der Waals surface area contributed by atoms with Crippen molar-refractivity contribution in [3.05, 3.63) is 29.8 Å². The van der Waals surface area contributed by atoms with Crippen LogP contribution < -0.4 is 0 Å². The summed E-state index contributed by atoms with van der Waals surface area (Å²) in [6, 6.07) is 7.25. The van der Waals surface area contributed by atoms with E-state index in [1.54, 1.807) is 6.07 Å². The van der Waals surface area contributed by atoms with Gasteiger partial charge < -0.3 is 9.22 Å². The van der Waals surface area contributed by atoms with Gasteiger partial charge >= 0.3 is 0 Å². The van der Waals surface area contributed by atoms with Gasteiger partial charge in [0.1, 0.15) is 5.75 Å². The molecule has 0 fully saturated rings. The summed E-state index contributed by atoms with van der Waals surface area (Å²) in [6.45, 7) is 1.87. The Hall–Kier alpha value is -0.586. The molecule has 1 aromatic rings. The van der Waals surface area contributed by atoms with Crippen LogP contribution in [0.15, 0.2) is 24.3 Å². The molecule has 56 valence electrons. The van der Waals surface area contributed by atoms with Crippen LogP contribution >= 0.6 is 0 Å². The first-order valence-electron chi connectivity index (χ1n) is 2.96. The number of aryl methyl sites for hydroxylation is 1. The molecule has 0 aromatic heterocycles. The molecule has 1 rings (SSSR count). The highest BCUT2D eigenvalue weighted by atomic mass is 28.3. The second-order valence-corrected chi connectivity index (χ2v) is 2.71. The van der Waals surface area contributed by atoms with Crippen molar-refractivity contribution in [2.75, 3.05) is 0 Å². The lowest BCUT2D eigenvalue weighted by Crippen LogP contribution is -1.68. The normalized spacial score (nSPS) is 8.27. The molecule has 1 N–H and O–H groups in total. The van der Waals surface area contributed by atoms with Gasteiger partial charge in [0.25, 0.3) is 0 Å². The highest BCUT2D eigenvalue weighted by Gasteiger charge is 1.86. The number of hydrogen-bond acceptors (Lipinski definition) is 2. The Morgan fingerprint density at radius 1 is 1.27 bits per heavy atom. The Morgan fingerprint density at radius 2 is 1.73 bits per heavy atom. The van der Waals surface area contributed by atoms with Gasteiger partial charge in [0.05, 0.1) is 0 Å². The number of hydrogen-bond donors (Lipinski definition) is 1. The maximum atomic E-state index is 8.92. The monoisotopic (exact) mass is 180 g/mol. The zero-order chi connectivity index (χ0) is 8.69. The van der Waals surface area contributed by atoms with Crippen LogP contribution in [0, 0.1) is 6.92 Å². The summed E-state index contributed by atoms with van der Waals surface area (Å²) >= 11 is 0. The summed E-state index contributed by atoms with van der Waals surface area (Å²) in [7, 11) is 5.19. The first-order chi connectivity index (χ1) is 5.22. The van der Waals surface area contributed by atoms with Gasteiger partial charge in [0.15, 0.2) is 0 Å². The SMILES string of the molecule is Cc1ccccc1O.[Si]O[Si]. The fourth-order valence-electron chi connectivity index (χ4n) is 0.563. The smallest absolute Gasteiger partial charge is 0.229 e. The van der Waals surface area contributed by atoms with Crippen molar-refractivity contribution < 1.29 is 9.22 Å². The van der Waals surface area contributed by atoms with Crippen LogP contribution in [0.25, 0.3) is 0 Å². The van der Waals surface area contributed by atoms with Crippen molar-refractivity contribution >= 4 is 21.0 Å². The van der Waals surface area contributed by atoms with Gasteiger partial charge in [-0.05, 0) is 18.6 Å². The number of phenolic OH excluding ortho intramolecular Hbond substituents is 1. The second kappa shape index (κ2) is 6.15. The molecule has 0 saturated carbocycles. The van der Waals surface area contributed by atoms with E-state index in [0.717, 1.165) is 5.56 Å².